The van der Waals surface area contributed by atoms with Crippen molar-refractivity contribution in [2.75, 3.05) is 23.9 Å². The predicted octanol–water partition coefficient (Wildman–Crippen LogP) is 2.13. The molecule has 100 valence electrons. The van der Waals surface area contributed by atoms with Crippen LogP contribution in [-0.2, 0) is 9.84 Å². The van der Waals surface area contributed by atoms with E-state index in [1.165, 1.54) is 25.2 Å². The molecule has 0 heterocycles. The largest absolute Gasteiger partial charge is 0.397 e. The first-order valence-corrected chi connectivity index (χ1v) is 8.10. The average Bonchev–Trinajstić information content (AvgIpc) is 3.09. The Hall–Kier alpha value is -1.23. The highest BCUT2D eigenvalue weighted by Crippen LogP contribution is 2.36. The van der Waals surface area contributed by atoms with Crippen LogP contribution in [-0.4, -0.2) is 21.2 Å². The topological polar surface area (TPSA) is 72.2 Å². The first kappa shape index (κ1) is 13.2. The quantitative estimate of drug-likeness (QED) is 0.802. The van der Waals surface area contributed by atoms with Gasteiger partial charge in [0, 0.05) is 12.8 Å². The van der Waals surface area contributed by atoms with Gasteiger partial charge in [0.15, 0.2) is 9.84 Å². The van der Waals surface area contributed by atoms with Crippen LogP contribution in [0.15, 0.2) is 23.1 Å². The van der Waals surface area contributed by atoms with E-state index >= 15 is 0 Å². The van der Waals surface area contributed by atoms with Crippen LogP contribution in [0.25, 0.3) is 0 Å². The minimum absolute atomic E-state index is 0.265. The third kappa shape index (κ3) is 3.16. The minimum atomic E-state index is -3.18. The molecule has 1 aliphatic carbocycles. The van der Waals surface area contributed by atoms with Crippen LogP contribution in [0, 0.1) is 11.8 Å². The Morgan fingerprint density at radius 3 is 2.61 bits per heavy atom. The Morgan fingerprint density at radius 1 is 1.44 bits per heavy atom. The molecule has 0 aromatic heterocycles. The van der Waals surface area contributed by atoms with Crippen LogP contribution >= 0.6 is 0 Å². The highest BCUT2D eigenvalue weighted by molar-refractivity contribution is 7.90. The summed E-state index contributed by atoms with van der Waals surface area (Å²) < 4.78 is 22.8. The highest BCUT2D eigenvalue weighted by atomic mass is 32.2. The van der Waals surface area contributed by atoms with Crippen molar-refractivity contribution in [3.63, 3.8) is 0 Å². The van der Waals surface area contributed by atoms with Gasteiger partial charge >= 0.3 is 0 Å². The van der Waals surface area contributed by atoms with Crippen LogP contribution in [0.4, 0.5) is 11.4 Å². The second kappa shape index (κ2) is 4.80. The average molecular weight is 268 g/mol. The monoisotopic (exact) mass is 268 g/mol. The molecule has 2 rings (SSSR count). The van der Waals surface area contributed by atoms with E-state index in [1.807, 2.05) is 0 Å². The van der Waals surface area contributed by atoms with Gasteiger partial charge in [-0.3, -0.25) is 0 Å². The van der Waals surface area contributed by atoms with E-state index in [0.717, 1.165) is 18.2 Å². The molecule has 1 aromatic rings. The van der Waals surface area contributed by atoms with Crippen LogP contribution in [0.1, 0.15) is 19.8 Å². The van der Waals surface area contributed by atoms with E-state index in [-0.39, 0.29) is 4.90 Å². The van der Waals surface area contributed by atoms with Crippen LogP contribution in [0.5, 0.6) is 0 Å². The number of nitrogens with two attached hydrogens (primary N) is 1. The zero-order valence-electron chi connectivity index (χ0n) is 10.8. The summed E-state index contributed by atoms with van der Waals surface area (Å²) in [4.78, 5) is 0.265. The number of sulfone groups is 1. The fraction of sp³-hybridized carbons (Fsp3) is 0.538. The van der Waals surface area contributed by atoms with Crippen molar-refractivity contribution in [3.8, 4) is 0 Å². The van der Waals surface area contributed by atoms with Crippen molar-refractivity contribution in [3.05, 3.63) is 18.2 Å². The van der Waals surface area contributed by atoms with Gasteiger partial charge in [-0.15, -0.1) is 0 Å². The lowest BCUT2D eigenvalue weighted by atomic mass is 10.1. The molecule has 0 aliphatic heterocycles. The van der Waals surface area contributed by atoms with Gasteiger partial charge in [-0.05, 0) is 42.9 Å². The number of rotatable bonds is 5. The summed E-state index contributed by atoms with van der Waals surface area (Å²) in [6.07, 6.45) is 3.83. The standard InChI is InChI=1S/C13H20N2O2S/c1-9(10-3-4-10)8-15-13-6-5-11(7-12(13)14)18(2,16)17/h5-7,9-10,15H,3-4,8,14H2,1-2H3. The van der Waals surface area contributed by atoms with Gasteiger partial charge in [-0.1, -0.05) is 6.92 Å². The molecular weight excluding hydrogens is 248 g/mol. The van der Waals surface area contributed by atoms with Gasteiger partial charge in [0.25, 0.3) is 0 Å². The molecule has 0 saturated heterocycles. The molecule has 18 heavy (non-hydrogen) atoms. The number of hydrogen-bond donors (Lipinski definition) is 2. The minimum Gasteiger partial charge on any atom is -0.397 e. The number of nitrogen functional groups attached to an aromatic ring is 1. The fourth-order valence-electron chi connectivity index (χ4n) is 2.04. The van der Waals surface area contributed by atoms with Crippen molar-refractivity contribution >= 4 is 21.2 Å². The van der Waals surface area contributed by atoms with E-state index in [2.05, 4.69) is 12.2 Å². The Labute approximate surface area is 108 Å². The zero-order chi connectivity index (χ0) is 13.3. The molecule has 0 amide bonds. The fourth-order valence-corrected chi connectivity index (χ4v) is 2.69. The molecule has 5 heteroatoms. The van der Waals surface area contributed by atoms with Crippen molar-refractivity contribution < 1.29 is 8.42 Å². The second-order valence-electron chi connectivity index (χ2n) is 5.22. The Kier molecular flexibility index (Phi) is 3.52. The summed E-state index contributed by atoms with van der Waals surface area (Å²) in [6, 6.07) is 4.85. The second-order valence-corrected chi connectivity index (χ2v) is 7.23. The van der Waals surface area contributed by atoms with Gasteiger partial charge in [0.2, 0.25) is 0 Å². The first-order chi connectivity index (χ1) is 8.38. The molecule has 4 nitrogen and oxygen atoms in total. The predicted molar refractivity (Wildman–Crippen MR) is 74.3 cm³/mol. The van der Waals surface area contributed by atoms with Crippen LogP contribution < -0.4 is 11.1 Å². The van der Waals surface area contributed by atoms with Gasteiger partial charge in [0.05, 0.1) is 16.3 Å². The van der Waals surface area contributed by atoms with E-state index in [4.69, 9.17) is 5.73 Å². The Bertz CT molecular complexity index is 536. The maximum Gasteiger partial charge on any atom is 0.175 e. The van der Waals surface area contributed by atoms with E-state index in [1.54, 1.807) is 12.1 Å². The SMILES string of the molecule is CC(CNc1ccc(S(C)(=O)=O)cc1N)C1CC1. The highest BCUT2D eigenvalue weighted by Gasteiger charge is 2.27. The lowest BCUT2D eigenvalue weighted by molar-refractivity contribution is 0.537. The van der Waals surface area contributed by atoms with Gasteiger partial charge in [-0.25, -0.2) is 8.42 Å². The summed E-state index contributed by atoms with van der Waals surface area (Å²) in [5.74, 6) is 1.48. The summed E-state index contributed by atoms with van der Waals surface area (Å²) in [6.45, 7) is 3.11. The van der Waals surface area contributed by atoms with Crippen molar-refractivity contribution in [1.82, 2.24) is 0 Å². The maximum atomic E-state index is 11.4. The summed E-state index contributed by atoms with van der Waals surface area (Å²) in [5, 5.41) is 3.29. The number of hydrogen-bond acceptors (Lipinski definition) is 4. The Morgan fingerprint density at radius 2 is 2.11 bits per heavy atom. The maximum absolute atomic E-state index is 11.4. The molecule has 1 unspecified atom stereocenters. The molecule has 1 saturated carbocycles. The molecule has 0 spiro atoms. The molecular formula is C13H20N2O2S. The molecule has 0 radical (unpaired) electrons. The molecule has 1 aromatic carbocycles. The van der Waals surface area contributed by atoms with E-state index in [9.17, 15) is 8.42 Å². The lowest BCUT2D eigenvalue weighted by Gasteiger charge is -2.14. The summed E-state index contributed by atoms with van der Waals surface area (Å²) in [5.41, 5.74) is 7.17. The third-order valence-electron chi connectivity index (χ3n) is 3.49. The van der Waals surface area contributed by atoms with Crippen molar-refractivity contribution in [2.24, 2.45) is 11.8 Å². The smallest absolute Gasteiger partial charge is 0.175 e. The van der Waals surface area contributed by atoms with Crippen LogP contribution in [0.3, 0.4) is 0 Å². The number of nitrogens with one attached hydrogen (secondary N) is 1. The zero-order valence-corrected chi connectivity index (χ0v) is 11.6. The summed E-state index contributed by atoms with van der Waals surface area (Å²) >= 11 is 0. The van der Waals surface area contributed by atoms with Crippen molar-refractivity contribution in [2.45, 2.75) is 24.7 Å². The van der Waals surface area contributed by atoms with Crippen molar-refractivity contribution in [1.29, 1.82) is 0 Å². The molecule has 3 N–H and O–H groups in total. The lowest BCUT2D eigenvalue weighted by Crippen LogP contribution is -2.14. The summed E-state index contributed by atoms with van der Waals surface area (Å²) in [7, 11) is -3.18. The van der Waals surface area contributed by atoms with Gasteiger partial charge in [0.1, 0.15) is 0 Å². The van der Waals surface area contributed by atoms with Crippen LogP contribution in [0.2, 0.25) is 0 Å². The van der Waals surface area contributed by atoms with Gasteiger partial charge in [-0.2, -0.15) is 0 Å². The molecule has 0 bridgehead atoms. The van der Waals surface area contributed by atoms with E-state index in [0.29, 0.717) is 11.6 Å². The molecule has 1 fully saturated rings. The Balaban J connectivity index is 2.05. The normalized spacial score (nSPS) is 17.4. The number of benzene rings is 1. The molecule has 1 aliphatic rings. The first-order valence-electron chi connectivity index (χ1n) is 6.21. The number of anilines is 2. The van der Waals surface area contributed by atoms with E-state index < -0.39 is 9.84 Å². The third-order valence-corrected chi connectivity index (χ3v) is 4.60. The molecule has 1 atom stereocenters. The van der Waals surface area contributed by atoms with Gasteiger partial charge < -0.3 is 11.1 Å².